The molecule has 3 aromatic heterocycles. The Bertz CT molecular complexity index is 992. The Labute approximate surface area is 157 Å². The van der Waals surface area contributed by atoms with Crippen LogP contribution in [0.5, 0.6) is 0 Å². The van der Waals surface area contributed by atoms with E-state index in [4.69, 9.17) is 9.72 Å². The zero-order valence-electron chi connectivity index (χ0n) is 15.3. The van der Waals surface area contributed by atoms with Gasteiger partial charge in [-0.1, -0.05) is 6.07 Å². The molecule has 27 heavy (non-hydrogen) atoms. The van der Waals surface area contributed by atoms with Crippen LogP contribution in [0, 0.1) is 0 Å². The van der Waals surface area contributed by atoms with Gasteiger partial charge in [-0.2, -0.15) is 5.10 Å². The summed E-state index contributed by atoms with van der Waals surface area (Å²) >= 11 is 0. The highest BCUT2D eigenvalue weighted by Crippen LogP contribution is 2.21. The van der Waals surface area contributed by atoms with Gasteiger partial charge >= 0.3 is 0 Å². The molecular formula is C20H23N5O2. The molecule has 0 spiro atoms. The van der Waals surface area contributed by atoms with Gasteiger partial charge in [0.15, 0.2) is 0 Å². The lowest BCUT2D eigenvalue weighted by atomic mass is 10.1. The third-order valence-electron chi connectivity index (χ3n) is 5.57. The Balaban J connectivity index is 1.35. The minimum absolute atomic E-state index is 0.0289. The van der Waals surface area contributed by atoms with E-state index in [0.29, 0.717) is 25.8 Å². The van der Waals surface area contributed by atoms with Crippen molar-refractivity contribution in [1.82, 2.24) is 24.1 Å². The van der Waals surface area contributed by atoms with Gasteiger partial charge in [-0.15, -0.1) is 0 Å². The third kappa shape index (κ3) is 3.28. The van der Waals surface area contributed by atoms with Crippen LogP contribution < -0.4 is 5.56 Å². The van der Waals surface area contributed by atoms with Crippen LogP contribution >= 0.6 is 0 Å². The number of nitrogens with zero attached hydrogens (tertiary/aromatic N) is 5. The van der Waals surface area contributed by atoms with Crippen molar-refractivity contribution in [3.05, 3.63) is 64.0 Å². The molecule has 1 unspecified atom stereocenters. The Morgan fingerprint density at radius 1 is 1.30 bits per heavy atom. The number of ether oxygens (including phenoxy) is 1. The van der Waals surface area contributed by atoms with Crippen LogP contribution in [0.15, 0.2) is 41.5 Å². The summed E-state index contributed by atoms with van der Waals surface area (Å²) in [5.41, 5.74) is 3.95. The summed E-state index contributed by atoms with van der Waals surface area (Å²) in [6, 6.07) is 8.05. The molecule has 1 saturated heterocycles. The number of hydrogen-bond acceptors (Lipinski definition) is 5. The molecule has 1 fully saturated rings. The van der Waals surface area contributed by atoms with Gasteiger partial charge < -0.3 is 9.14 Å². The summed E-state index contributed by atoms with van der Waals surface area (Å²) < 4.78 is 9.13. The molecule has 7 heteroatoms. The van der Waals surface area contributed by atoms with Crippen molar-refractivity contribution < 1.29 is 4.74 Å². The van der Waals surface area contributed by atoms with E-state index >= 15 is 0 Å². The maximum atomic E-state index is 12.5. The van der Waals surface area contributed by atoms with Crippen molar-refractivity contribution >= 4 is 5.65 Å². The largest absolute Gasteiger partial charge is 0.376 e. The normalized spacial score (nSPS) is 20.2. The first-order valence-corrected chi connectivity index (χ1v) is 9.60. The molecule has 0 amide bonds. The molecule has 5 rings (SSSR count). The average molecular weight is 365 g/mol. The number of fused-ring (bicyclic) bond motifs is 2. The number of aromatic nitrogens is 4. The topological polar surface area (TPSA) is 64.7 Å². The molecule has 0 saturated carbocycles. The molecule has 1 atom stereocenters. The molecule has 2 aliphatic rings. The number of rotatable bonds is 4. The van der Waals surface area contributed by atoms with Gasteiger partial charge in [-0.3, -0.25) is 9.69 Å². The van der Waals surface area contributed by atoms with Crippen LogP contribution in [-0.4, -0.2) is 43.3 Å². The fourth-order valence-corrected chi connectivity index (χ4v) is 4.16. The number of likely N-dealkylation sites (tertiary alicyclic amines) is 1. The van der Waals surface area contributed by atoms with E-state index in [0.717, 1.165) is 55.0 Å². The van der Waals surface area contributed by atoms with Crippen LogP contribution in [0.4, 0.5) is 0 Å². The molecule has 0 radical (unpaired) electrons. The van der Waals surface area contributed by atoms with Crippen LogP contribution in [0.1, 0.15) is 29.8 Å². The second-order valence-electron chi connectivity index (χ2n) is 7.40. The molecule has 0 N–H and O–H groups in total. The first-order valence-electron chi connectivity index (χ1n) is 9.60. The minimum atomic E-state index is -0.0289. The van der Waals surface area contributed by atoms with Gasteiger partial charge in [-0.05, 0) is 31.5 Å². The maximum Gasteiger partial charge on any atom is 0.267 e. The second-order valence-corrected chi connectivity index (χ2v) is 7.40. The van der Waals surface area contributed by atoms with Crippen molar-refractivity contribution in [2.75, 3.05) is 13.2 Å². The summed E-state index contributed by atoms with van der Waals surface area (Å²) in [6.07, 6.45) is 7.13. The number of pyridine rings is 1. The summed E-state index contributed by atoms with van der Waals surface area (Å²) in [5.74, 6) is 0. The predicted octanol–water partition coefficient (Wildman–Crippen LogP) is 1.63. The van der Waals surface area contributed by atoms with Gasteiger partial charge in [0.2, 0.25) is 0 Å². The smallest absolute Gasteiger partial charge is 0.267 e. The molecule has 0 aliphatic carbocycles. The highest BCUT2D eigenvalue weighted by atomic mass is 16.5. The molecule has 3 aromatic rings. The summed E-state index contributed by atoms with van der Waals surface area (Å²) in [4.78, 5) is 19.6. The van der Waals surface area contributed by atoms with Crippen LogP contribution in [0.25, 0.3) is 5.65 Å². The molecule has 2 aliphatic heterocycles. The van der Waals surface area contributed by atoms with E-state index in [2.05, 4.69) is 20.6 Å². The van der Waals surface area contributed by atoms with Gasteiger partial charge in [0, 0.05) is 43.0 Å². The maximum absolute atomic E-state index is 12.5. The molecule has 140 valence electrons. The van der Waals surface area contributed by atoms with Gasteiger partial charge in [0.05, 0.1) is 31.1 Å². The summed E-state index contributed by atoms with van der Waals surface area (Å²) in [7, 11) is 0. The molecule has 7 nitrogen and oxygen atoms in total. The highest BCUT2D eigenvalue weighted by molar-refractivity contribution is 5.39. The minimum Gasteiger partial charge on any atom is -0.376 e. The van der Waals surface area contributed by atoms with Crippen molar-refractivity contribution in [1.29, 1.82) is 0 Å². The zero-order valence-corrected chi connectivity index (χ0v) is 15.3. The lowest BCUT2D eigenvalue weighted by Gasteiger charge is -2.24. The quantitative estimate of drug-likeness (QED) is 0.703. The van der Waals surface area contributed by atoms with Crippen molar-refractivity contribution in [2.45, 2.75) is 45.0 Å². The van der Waals surface area contributed by atoms with E-state index in [1.807, 2.05) is 24.4 Å². The zero-order chi connectivity index (χ0) is 18.2. The van der Waals surface area contributed by atoms with E-state index in [1.165, 1.54) is 0 Å². The number of imidazole rings is 1. The van der Waals surface area contributed by atoms with Gasteiger partial charge in [0.1, 0.15) is 5.65 Å². The first kappa shape index (κ1) is 16.6. The molecular weight excluding hydrogens is 342 g/mol. The predicted molar refractivity (Wildman–Crippen MR) is 100 cm³/mol. The summed E-state index contributed by atoms with van der Waals surface area (Å²) in [6.45, 7) is 3.66. The van der Waals surface area contributed by atoms with Crippen LogP contribution in [0.2, 0.25) is 0 Å². The van der Waals surface area contributed by atoms with Gasteiger partial charge in [-0.25, -0.2) is 9.67 Å². The lowest BCUT2D eigenvalue weighted by Crippen LogP contribution is -2.37. The lowest BCUT2D eigenvalue weighted by molar-refractivity contribution is 0.107. The second kappa shape index (κ2) is 6.90. The molecule has 0 aromatic carbocycles. The SMILES string of the molecule is O=c1cc2c(nn1CC1CCCN1Cc1cn3ccccc3n1)CCOC2. The standard InChI is InChI=1S/C20H23N5O2/c26-20-10-15-14-27-9-6-18(15)22-25(20)13-17-4-3-8-23(17)11-16-12-24-7-2-1-5-19(24)21-16/h1-2,5,7,10,12,17H,3-4,6,8-9,11,13-14H2. The molecule has 0 bridgehead atoms. The van der Waals surface area contributed by atoms with Crippen LogP contribution in [0.3, 0.4) is 0 Å². The van der Waals surface area contributed by atoms with E-state index < -0.39 is 0 Å². The van der Waals surface area contributed by atoms with E-state index in [-0.39, 0.29) is 5.56 Å². The van der Waals surface area contributed by atoms with Gasteiger partial charge in [0.25, 0.3) is 5.56 Å². The van der Waals surface area contributed by atoms with Crippen molar-refractivity contribution in [2.24, 2.45) is 0 Å². The Kier molecular flexibility index (Phi) is 4.26. The number of hydrogen-bond donors (Lipinski definition) is 0. The van der Waals surface area contributed by atoms with Crippen molar-refractivity contribution in [3.63, 3.8) is 0 Å². The van der Waals surface area contributed by atoms with Crippen LogP contribution in [-0.2, 0) is 30.9 Å². The van der Waals surface area contributed by atoms with E-state index in [9.17, 15) is 4.79 Å². The monoisotopic (exact) mass is 365 g/mol. The summed E-state index contributed by atoms with van der Waals surface area (Å²) in [5, 5.41) is 4.63. The Morgan fingerprint density at radius 3 is 3.19 bits per heavy atom. The van der Waals surface area contributed by atoms with E-state index in [1.54, 1.807) is 10.7 Å². The Hall–Kier alpha value is -2.51. The highest BCUT2D eigenvalue weighted by Gasteiger charge is 2.26. The van der Waals surface area contributed by atoms with Crippen molar-refractivity contribution in [3.8, 4) is 0 Å². The first-order chi connectivity index (χ1) is 13.3. The third-order valence-corrected chi connectivity index (χ3v) is 5.57. The Morgan fingerprint density at radius 2 is 2.26 bits per heavy atom. The fraction of sp³-hybridized carbons (Fsp3) is 0.450. The molecule has 5 heterocycles. The fourth-order valence-electron chi connectivity index (χ4n) is 4.16. The average Bonchev–Trinajstić information content (AvgIpc) is 3.29.